The standard InChI is InChI=1S/C19H20N4O3S/c1-20-27(25,26)13-16-9-7-15(8-10-16)11-22-19(24)18-12-21-14-23(18)17-5-3-2-4-6-17/h2-10,12,14,20H,11,13H2,1H3,(H,22,24). The Morgan fingerprint density at radius 2 is 1.70 bits per heavy atom. The van der Waals surface area contributed by atoms with Gasteiger partial charge in [0.2, 0.25) is 10.0 Å². The van der Waals surface area contributed by atoms with Crippen molar-refractivity contribution in [3.63, 3.8) is 0 Å². The van der Waals surface area contributed by atoms with Crippen LogP contribution in [-0.4, -0.2) is 30.9 Å². The van der Waals surface area contributed by atoms with Crippen LogP contribution in [-0.2, 0) is 22.3 Å². The molecule has 0 aliphatic rings. The zero-order valence-corrected chi connectivity index (χ0v) is 15.6. The molecule has 0 saturated heterocycles. The minimum absolute atomic E-state index is 0.0770. The van der Waals surface area contributed by atoms with Gasteiger partial charge in [0.15, 0.2) is 0 Å². The first-order chi connectivity index (χ1) is 13.0. The summed E-state index contributed by atoms with van der Waals surface area (Å²) >= 11 is 0. The fourth-order valence-electron chi connectivity index (χ4n) is 2.58. The van der Waals surface area contributed by atoms with Crippen LogP contribution in [0.1, 0.15) is 21.6 Å². The van der Waals surface area contributed by atoms with Crippen LogP contribution in [0.5, 0.6) is 0 Å². The molecule has 27 heavy (non-hydrogen) atoms. The number of rotatable bonds is 7. The van der Waals surface area contributed by atoms with Crippen molar-refractivity contribution < 1.29 is 13.2 Å². The first kappa shape index (κ1) is 18.8. The highest BCUT2D eigenvalue weighted by Crippen LogP contribution is 2.11. The Bertz CT molecular complexity index is 1010. The van der Waals surface area contributed by atoms with Crippen molar-refractivity contribution >= 4 is 15.9 Å². The maximum absolute atomic E-state index is 12.5. The lowest BCUT2D eigenvalue weighted by molar-refractivity contribution is 0.0944. The Balaban J connectivity index is 1.64. The summed E-state index contributed by atoms with van der Waals surface area (Å²) in [7, 11) is -1.91. The predicted molar refractivity (Wildman–Crippen MR) is 103 cm³/mol. The van der Waals surface area contributed by atoms with E-state index in [-0.39, 0.29) is 11.7 Å². The van der Waals surface area contributed by atoms with E-state index in [1.54, 1.807) is 35.2 Å². The van der Waals surface area contributed by atoms with Gasteiger partial charge in [-0.05, 0) is 30.3 Å². The Morgan fingerprint density at radius 3 is 2.37 bits per heavy atom. The molecule has 0 spiro atoms. The Labute approximate surface area is 158 Å². The van der Waals surface area contributed by atoms with Gasteiger partial charge in [0.25, 0.3) is 5.91 Å². The number of benzene rings is 2. The molecule has 0 bridgehead atoms. The number of carbonyl (C=O) groups excluding carboxylic acids is 1. The minimum Gasteiger partial charge on any atom is -0.347 e. The first-order valence-corrected chi connectivity index (χ1v) is 9.99. The molecule has 3 aromatic rings. The molecule has 0 aliphatic carbocycles. The van der Waals surface area contributed by atoms with Gasteiger partial charge in [0.1, 0.15) is 5.69 Å². The Hall–Kier alpha value is -2.97. The first-order valence-electron chi connectivity index (χ1n) is 8.33. The molecule has 0 saturated carbocycles. The maximum atomic E-state index is 12.5. The quantitative estimate of drug-likeness (QED) is 0.650. The SMILES string of the molecule is CNS(=O)(=O)Cc1ccc(CNC(=O)c2cncn2-c2ccccc2)cc1. The van der Waals surface area contributed by atoms with Gasteiger partial charge in [-0.1, -0.05) is 42.5 Å². The highest BCUT2D eigenvalue weighted by molar-refractivity contribution is 7.88. The molecule has 2 N–H and O–H groups in total. The number of nitrogens with zero attached hydrogens (tertiary/aromatic N) is 2. The summed E-state index contributed by atoms with van der Waals surface area (Å²) in [6.45, 7) is 0.331. The smallest absolute Gasteiger partial charge is 0.270 e. The molecule has 1 amide bonds. The Morgan fingerprint density at radius 1 is 1.04 bits per heavy atom. The number of hydrogen-bond acceptors (Lipinski definition) is 4. The van der Waals surface area contributed by atoms with Crippen LogP contribution in [0.3, 0.4) is 0 Å². The number of sulfonamides is 1. The van der Waals surface area contributed by atoms with Crippen LogP contribution in [0, 0.1) is 0 Å². The lowest BCUT2D eigenvalue weighted by Gasteiger charge is -2.09. The Kier molecular flexibility index (Phi) is 5.68. The number of hydrogen-bond donors (Lipinski definition) is 2. The second-order valence-electron chi connectivity index (χ2n) is 5.95. The van der Waals surface area contributed by atoms with Gasteiger partial charge in [0, 0.05) is 12.2 Å². The summed E-state index contributed by atoms with van der Waals surface area (Å²) in [5.41, 5.74) is 2.86. The topological polar surface area (TPSA) is 93.1 Å². The number of nitrogens with one attached hydrogen (secondary N) is 2. The van der Waals surface area contributed by atoms with Crippen LogP contribution < -0.4 is 10.0 Å². The van der Waals surface area contributed by atoms with E-state index in [0.29, 0.717) is 17.8 Å². The second kappa shape index (κ2) is 8.15. The van der Waals surface area contributed by atoms with Gasteiger partial charge in [-0.25, -0.2) is 18.1 Å². The van der Waals surface area contributed by atoms with Gasteiger partial charge in [-0.3, -0.25) is 9.36 Å². The van der Waals surface area contributed by atoms with Gasteiger partial charge in [0.05, 0.1) is 18.3 Å². The highest BCUT2D eigenvalue weighted by Gasteiger charge is 2.13. The number of carbonyl (C=O) groups is 1. The molecule has 2 aromatic carbocycles. The molecule has 0 aliphatic heterocycles. The van der Waals surface area contributed by atoms with E-state index in [1.165, 1.54) is 13.2 Å². The van der Waals surface area contributed by atoms with E-state index in [9.17, 15) is 13.2 Å². The number of imidazole rings is 1. The zero-order valence-electron chi connectivity index (χ0n) is 14.8. The van der Waals surface area contributed by atoms with Crippen LogP contribution in [0.4, 0.5) is 0 Å². The van der Waals surface area contributed by atoms with E-state index in [0.717, 1.165) is 11.3 Å². The third-order valence-electron chi connectivity index (χ3n) is 4.05. The molecular weight excluding hydrogens is 364 g/mol. The minimum atomic E-state index is -3.30. The highest BCUT2D eigenvalue weighted by atomic mass is 32.2. The lowest BCUT2D eigenvalue weighted by Crippen LogP contribution is -2.25. The molecule has 7 nitrogen and oxygen atoms in total. The van der Waals surface area contributed by atoms with Gasteiger partial charge >= 0.3 is 0 Å². The predicted octanol–water partition coefficient (Wildman–Crippen LogP) is 1.85. The summed E-state index contributed by atoms with van der Waals surface area (Å²) in [4.78, 5) is 16.6. The second-order valence-corrected chi connectivity index (χ2v) is 7.87. The lowest BCUT2D eigenvalue weighted by atomic mass is 10.1. The van der Waals surface area contributed by atoms with Crippen molar-refractivity contribution in [1.82, 2.24) is 19.6 Å². The molecule has 0 unspecified atom stereocenters. The van der Waals surface area contributed by atoms with Gasteiger partial charge in [-0.15, -0.1) is 0 Å². The van der Waals surface area contributed by atoms with E-state index in [1.807, 2.05) is 30.3 Å². The van der Waals surface area contributed by atoms with E-state index < -0.39 is 10.0 Å². The summed E-state index contributed by atoms with van der Waals surface area (Å²) in [6.07, 6.45) is 3.12. The van der Waals surface area contributed by atoms with Crippen molar-refractivity contribution in [3.8, 4) is 5.69 Å². The summed E-state index contributed by atoms with van der Waals surface area (Å²) in [5, 5.41) is 2.86. The van der Waals surface area contributed by atoms with Crippen LogP contribution in [0.15, 0.2) is 67.1 Å². The molecule has 140 valence electrons. The summed E-state index contributed by atoms with van der Waals surface area (Å²) < 4.78 is 27.2. The molecule has 3 rings (SSSR count). The van der Waals surface area contributed by atoms with E-state index >= 15 is 0 Å². The molecule has 1 aromatic heterocycles. The van der Waals surface area contributed by atoms with Gasteiger partial charge < -0.3 is 5.32 Å². The fourth-order valence-corrected chi connectivity index (χ4v) is 3.35. The monoisotopic (exact) mass is 384 g/mol. The third-order valence-corrected chi connectivity index (χ3v) is 5.38. The average molecular weight is 384 g/mol. The van der Waals surface area contributed by atoms with Crippen molar-refractivity contribution in [2.75, 3.05) is 7.05 Å². The summed E-state index contributed by atoms with van der Waals surface area (Å²) in [6, 6.07) is 16.6. The maximum Gasteiger partial charge on any atom is 0.270 e. The molecule has 1 heterocycles. The average Bonchev–Trinajstić information content (AvgIpc) is 3.18. The van der Waals surface area contributed by atoms with Gasteiger partial charge in [-0.2, -0.15) is 0 Å². The largest absolute Gasteiger partial charge is 0.347 e. The van der Waals surface area contributed by atoms with Crippen LogP contribution >= 0.6 is 0 Å². The fraction of sp³-hybridized carbons (Fsp3) is 0.158. The van der Waals surface area contributed by atoms with E-state index in [4.69, 9.17) is 0 Å². The van der Waals surface area contributed by atoms with Crippen molar-refractivity contribution in [2.45, 2.75) is 12.3 Å². The molecule has 8 heteroatoms. The molecular formula is C19H20N4O3S. The summed E-state index contributed by atoms with van der Waals surface area (Å²) in [5.74, 6) is -0.315. The van der Waals surface area contributed by atoms with E-state index in [2.05, 4.69) is 15.0 Å². The van der Waals surface area contributed by atoms with Crippen molar-refractivity contribution in [2.24, 2.45) is 0 Å². The van der Waals surface area contributed by atoms with Crippen LogP contribution in [0.25, 0.3) is 5.69 Å². The molecule has 0 radical (unpaired) electrons. The normalized spacial score (nSPS) is 11.3. The van der Waals surface area contributed by atoms with Crippen molar-refractivity contribution in [3.05, 3.63) is 83.9 Å². The zero-order chi connectivity index (χ0) is 19.3. The van der Waals surface area contributed by atoms with Crippen LogP contribution in [0.2, 0.25) is 0 Å². The van der Waals surface area contributed by atoms with Crippen molar-refractivity contribution in [1.29, 1.82) is 0 Å². The number of amides is 1. The molecule has 0 atom stereocenters. The number of aromatic nitrogens is 2. The number of para-hydroxylation sites is 1. The third kappa shape index (κ3) is 4.81. The molecule has 0 fully saturated rings.